The molecule has 0 radical (unpaired) electrons. The molecule has 2 nitrogen and oxygen atoms in total. The summed E-state index contributed by atoms with van der Waals surface area (Å²) in [5.74, 6) is -2.42. The first-order chi connectivity index (χ1) is 7.82. The average molecular weight is 262 g/mol. The molecule has 0 aromatic heterocycles. The van der Waals surface area contributed by atoms with Crippen LogP contribution in [0.3, 0.4) is 0 Å². The molecule has 1 unspecified atom stereocenters. The fourth-order valence-electron chi connectivity index (χ4n) is 1.15. The number of nitrogens with one attached hydrogen (secondary N) is 1. The van der Waals surface area contributed by atoms with Crippen LogP contribution >= 0.6 is 11.6 Å². The summed E-state index contributed by atoms with van der Waals surface area (Å²) in [7, 11) is 0. The van der Waals surface area contributed by atoms with Gasteiger partial charge in [0.25, 0.3) is 5.91 Å². The van der Waals surface area contributed by atoms with Crippen LogP contribution in [0.5, 0.6) is 0 Å². The van der Waals surface area contributed by atoms with E-state index in [0.29, 0.717) is 0 Å². The van der Waals surface area contributed by atoms with Gasteiger partial charge in [0.15, 0.2) is 11.6 Å². The lowest BCUT2D eigenvalue weighted by Crippen LogP contribution is -2.36. The van der Waals surface area contributed by atoms with Crippen molar-refractivity contribution in [3.63, 3.8) is 0 Å². The van der Waals surface area contributed by atoms with Gasteiger partial charge in [-0.1, -0.05) is 25.4 Å². The molecule has 0 bridgehead atoms. The Bertz CT molecular complexity index is 435. The normalized spacial score (nSPS) is 12.6. The quantitative estimate of drug-likeness (QED) is 0.831. The number of hydrogen-bond donors (Lipinski definition) is 1. The summed E-state index contributed by atoms with van der Waals surface area (Å²) in [6.07, 6.45) is 0. The molecule has 1 aromatic rings. The highest BCUT2D eigenvalue weighted by Gasteiger charge is 2.17. The van der Waals surface area contributed by atoms with Crippen molar-refractivity contribution in [1.82, 2.24) is 5.32 Å². The van der Waals surface area contributed by atoms with Crippen LogP contribution in [-0.2, 0) is 0 Å². The Morgan fingerprint density at radius 2 is 1.76 bits per heavy atom. The van der Waals surface area contributed by atoms with Crippen LogP contribution in [0, 0.1) is 17.6 Å². The molecule has 0 aliphatic heterocycles. The number of halogens is 3. The fourth-order valence-corrected chi connectivity index (χ4v) is 1.38. The topological polar surface area (TPSA) is 29.1 Å². The minimum Gasteiger partial charge on any atom is -0.349 e. The minimum absolute atomic E-state index is 0.0573. The molecule has 1 N–H and O–H groups in total. The van der Waals surface area contributed by atoms with E-state index >= 15 is 0 Å². The minimum atomic E-state index is -1.09. The van der Waals surface area contributed by atoms with Crippen molar-refractivity contribution in [3.05, 3.63) is 34.4 Å². The van der Waals surface area contributed by atoms with Gasteiger partial charge in [-0.2, -0.15) is 0 Å². The molecule has 0 fully saturated rings. The predicted octanol–water partition coefficient (Wildman–Crippen LogP) is 3.39. The lowest BCUT2D eigenvalue weighted by atomic mass is 10.1. The molecule has 1 amide bonds. The van der Waals surface area contributed by atoms with Crippen molar-refractivity contribution in [1.29, 1.82) is 0 Å². The molecule has 0 saturated carbocycles. The van der Waals surface area contributed by atoms with Crippen molar-refractivity contribution < 1.29 is 13.6 Å². The van der Waals surface area contributed by atoms with Gasteiger partial charge in [-0.3, -0.25) is 4.79 Å². The first-order valence-corrected chi connectivity index (χ1v) is 5.66. The Hall–Kier alpha value is -1.16. The van der Waals surface area contributed by atoms with E-state index in [1.807, 2.05) is 20.8 Å². The highest BCUT2D eigenvalue weighted by atomic mass is 35.5. The Labute approximate surface area is 104 Å². The first kappa shape index (κ1) is 13.9. The molecule has 0 spiro atoms. The van der Waals surface area contributed by atoms with Gasteiger partial charge >= 0.3 is 0 Å². The van der Waals surface area contributed by atoms with Gasteiger partial charge in [0.2, 0.25) is 0 Å². The van der Waals surface area contributed by atoms with Gasteiger partial charge < -0.3 is 5.32 Å². The third kappa shape index (κ3) is 3.40. The van der Waals surface area contributed by atoms with E-state index in [4.69, 9.17) is 11.6 Å². The summed E-state index contributed by atoms with van der Waals surface area (Å²) in [4.78, 5) is 11.8. The van der Waals surface area contributed by atoms with E-state index < -0.39 is 17.5 Å². The van der Waals surface area contributed by atoms with E-state index in [0.717, 1.165) is 12.1 Å². The zero-order valence-corrected chi connectivity index (χ0v) is 10.6. The largest absolute Gasteiger partial charge is 0.349 e. The number of amides is 1. The van der Waals surface area contributed by atoms with Crippen molar-refractivity contribution in [2.75, 3.05) is 0 Å². The molecular formula is C12H14ClF2NO. The third-order valence-corrected chi connectivity index (χ3v) is 2.93. The smallest absolute Gasteiger partial charge is 0.253 e. The van der Waals surface area contributed by atoms with Crippen LogP contribution in [0.15, 0.2) is 12.1 Å². The lowest BCUT2D eigenvalue weighted by molar-refractivity contribution is 0.0930. The molecule has 94 valence electrons. The van der Waals surface area contributed by atoms with Crippen LogP contribution in [-0.4, -0.2) is 11.9 Å². The second-order valence-corrected chi connectivity index (χ2v) is 4.66. The number of carbonyl (C=O) groups excluding carboxylic acids is 1. The number of hydrogen-bond acceptors (Lipinski definition) is 1. The van der Waals surface area contributed by atoms with Crippen LogP contribution in [0.25, 0.3) is 0 Å². The zero-order chi connectivity index (χ0) is 13.2. The molecule has 0 aliphatic rings. The molecule has 17 heavy (non-hydrogen) atoms. The second kappa shape index (κ2) is 5.45. The van der Waals surface area contributed by atoms with Gasteiger partial charge in [-0.15, -0.1) is 0 Å². The number of carbonyl (C=O) groups is 1. The van der Waals surface area contributed by atoms with E-state index in [9.17, 15) is 13.6 Å². The summed E-state index contributed by atoms with van der Waals surface area (Å²) in [5, 5.41) is 2.57. The summed E-state index contributed by atoms with van der Waals surface area (Å²) in [6.45, 7) is 5.71. The third-order valence-electron chi connectivity index (χ3n) is 2.61. The van der Waals surface area contributed by atoms with E-state index in [2.05, 4.69) is 5.32 Å². The Balaban J connectivity index is 2.93. The predicted molar refractivity (Wildman–Crippen MR) is 63.1 cm³/mol. The number of benzene rings is 1. The van der Waals surface area contributed by atoms with Gasteiger partial charge in [0, 0.05) is 6.04 Å². The second-order valence-electron chi connectivity index (χ2n) is 4.25. The number of rotatable bonds is 3. The van der Waals surface area contributed by atoms with Gasteiger partial charge in [0.05, 0.1) is 10.6 Å². The summed E-state index contributed by atoms with van der Waals surface area (Å²) in [5.41, 5.74) is -0.0573. The summed E-state index contributed by atoms with van der Waals surface area (Å²) < 4.78 is 25.8. The zero-order valence-electron chi connectivity index (χ0n) is 9.85. The molecule has 1 aromatic carbocycles. The fraction of sp³-hybridized carbons (Fsp3) is 0.417. The van der Waals surface area contributed by atoms with Crippen LogP contribution in [0.2, 0.25) is 5.02 Å². The lowest BCUT2D eigenvalue weighted by Gasteiger charge is -2.17. The Morgan fingerprint density at radius 3 is 2.29 bits per heavy atom. The maximum atomic E-state index is 13.0. The first-order valence-electron chi connectivity index (χ1n) is 5.28. The molecule has 5 heteroatoms. The van der Waals surface area contributed by atoms with Crippen molar-refractivity contribution >= 4 is 17.5 Å². The standard InChI is InChI=1S/C12H14ClF2NO/c1-6(2)7(3)16-12(17)8-4-10(14)11(15)5-9(8)13/h4-7H,1-3H3,(H,16,17). The maximum absolute atomic E-state index is 13.0. The molecule has 1 atom stereocenters. The molecule has 0 heterocycles. The molecule has 1 rings (SSSR count). The highest BCUT2D eigenvalue weighted by molar-refractivity contribution is 6.33. The Morgan fingerprint density at radius 1 is 1.24 bits per heavy atom. The molecule has 0 aliphatic carbocycles. The van der Waals surface area contributed by atoms with Crippen molar-refractivity contribution in [2.24, 2.45) is 5.92 Å². The van der Waals surface area contributed by atoms with Crippen LogP contribution in [0.1, 0.15) is 31.1 Å². The highest BCUT2D eigenvalue weighted by Crippen LogP contribution is 2.20. The van der Waals surface area contributed by atoms with Gasteiger partial charge in [0.1, 0.15) is 0 Å². The Kier molecular flexibility index (Phi) is 4.46. The van der Waals surface area contributed by atoms with Crippen molar-refractivity contribution in [2.45, 2.75) is 26.8 Å². The molecular weight excluding hydrogens is 248 g/mol. The monoisotopic (exact) mass is 261 g/mol. The summed E-state index contributed by atoms with van der Waals surface area (Å²) >= 11 is 5.69. The summed E-state index contributed by atoms with van der Waals surface area (Å²) in [6, 6.07) is 1.53. The van der Waals surface area contributed by atoms with Crippen molar-refractivity contribution in [3.8, 4) is 0 Å². The van der Waals surface area contributed by atoms with E-state index in [-0.39, 0.29) is 22.5 Å². The average Bonchev–Trinajstić information content (AvgIpc) is 2.22. The molecule has 0 saturated heterocycles. The van der Waals surface area contributed by atoms with Crippen LogP contribution < -0.4 is 5.32 Å². The maximum Gasteiger partial charge on any atom is 0.253 e. The van der Waals surface area contributed by atoms with Gasteiger partial charge in [-0.25, -0.2) is 8.78 Å². The van der Waals surface area contributed by atoms with Gasteiger partial charge in [-0.05, 0) is 25.0 Å². The SMILES string of the molecule is CC(C)C(C)NC(=O)c1cc(F)c(F)cc1Cl. The van der Waals surface area contributed by atoms with Crippen LogP contribution in [0.4, 0.5) is 8.78 Å². The van der Waals surface area contributed by atoms with E-state index in [1.165, 1.54) is 0 Å². The van der Waals surface area contributed by atoms with E-state index in [1.54, 1.807) is 0 Å².